The van der Waals surface area contributed by atoms with Gasteiger partial charge >= 0.3 is 23.9 Å². The number of hydrogen-bond donors (Lipinski definition) is 2. The molecule has 0 spiro atoms. The first-order valence-corrected chi connectivity index (χ1v) is 10.9. The van der Waals surface area contributed by atoms with Crippen LogP contribution in [0.25, 0.3) is 0 Å². The molecular formula is C22H28N2O9S. The first-order valence-electron chi connectivity index (χ1n) is 10.5. The summed E-state index contributed by atoms with van der Waals surface area (Å²) < 4.78 is 27.1. The average molecular weight is 497 g/mol. The lowest BCUT2D eigenvalue weighted by Crippen LogP contribution is -2.66. The fourth-order valence-electron chi connectivity index (χ4n) is 3.30. The van der Waals surface area contributed by atoms with E-state index in [1.54, 1.807) is 0 Å². The molecule has 0 bridgehead atoms. The van der Waals surface area contributed by atoms with Crippen LogP contribution in [0.2, 0.25) is 0 Å². The van der Waals surface area contributed by atoms with Gasteiger partial charge in [0, 0.05) is 34.2 Å². The van der Waals surface area contributed by atoms with Crippen LogP contribution in [0.4, 0.5) is 0 Å². The van der Waals surface area contributed by atoms with Gasteiger partial charge in [0.15, 0.2) is 29.7 Å². The molecule has 5 atom stereocenters. The number of carbonyl (C=O) groups is 4. The summed E-state index contributed by atoms with van der Waals surface area (Å²) >= 11 is 5.35. The number of benzene rings is 1. The van der Waals surface area contributed by atoms with E-state index in [-0.39, 0.29) is 11.7 Å². The van der Waals surface area contributed by atoms with Gasteiger partial charge in [-0.15, -0.1) is 0 Å². The number of thiocarbonyl (C=S) groups is 1. The Labute approximate surface area is 202 Å². The van der Waals surface area contributed by atoms with Crippen molar-refractivity contribution in [1.29, 1.82) is 0 Å². The van der Waals surface area contributed by atoms with E-state index in [1.807, 2.05) is 30.3 Å². The highest BCUT2D eigenvalue weighted by Gasteiger charge is 2.52. The third-order valence-corrected chi connectivity index (χ3v) is 4.82. The molecule has 12 heteroatoms. The van der Waals surface area contributed by atoms with Crippen molar-refractivity contribution in [2.45, 2.75) is 64.9 Å². The average Bonchev–Trinajstić information content (AvgIpc) is 2.75. The van der Waals surface area contributed by atoms with E-state index in [0.29, 0.717) is 6.54 Å². The molecule has 0 aliphatic carbocycles. The molecule has 1 fully saturated rings. The summed E-state index contributed by atoms with van der Waals surface area (Å²) in [6, 6.07) is 9.46. The zero-order chi connectivity index (χ0) is 25.3. The van der Waals surface area contributed by atoms with E-state index in [4.69, 9.17) is 35.9 Å². The van der Waals surface area contributed by atoms with Crippen molar-refractivity contribution in [2.24, 2.45) is 0 Å². The number of rotatable bonds is 8. The topological polar surface area (TPSA) is 138 Å². The summed E-state index contributed by atoms with van der Waals surface area (Å²) in [7, 11) is 0. The zero-order valence-electron chi connectivity index (χ0n) is 19.3. The lowest BCUT2D eigenvalue weighted by Gasteiger charge is -2.44. The Hall–Kier alpha value is -3.25. The Kier molecular flexibility index (Phi) is 10.2. The minimum Gasteiger partial charge on any atom is -0.463 e. The number of nitrogens with one attached hydrogen (secondary N) is 2. The second kappa shape index (κ2) is 12.8. The summed E-state index contributed by atoms with van der Waals surface area (Å²) in [6.07, 6.45) is -5.92. The van der Waals surface area contributed by atoms with Gasteiger partial charge in [0.1, 0.15) is 12.7 Å². The zero-order valence-corrected chi connectivity index (χ0v) is 20.1. The molecule has 0 saturated carbocycles. The molecule has 186 valence electrons. The Balaban J connectivity index is 2.29. The maximum Gasteiger partial charge on any atom is 0.303 e. The van der Waals surface area contributed by atoms with Crippen molar-refractivity contribution in [1.82, 2.24) is 10.6 Å². The highest BCUT2D eigenvalue weighted by Crippen LogP contribution is 2.28. The van der Waals surface area contributed by atoms with Gasteiger partial charge in [-0.2, -0.15) is 0 Å². The van der Waals surface area contributed by atoms with Crippen molar-refractivity contribution in [3.63, 3.8) is 0 Å². The van der Waals surface area contributed by atoms with Crippen molar-refractivity contribution in [2.75, 3.05) is 6.61 Å². The van der Waals surface area contributed by atoms with E-state index in [9.17, 15) is 19.2 Å². The van der Waals surface area contributed by atoms with Crippen LogP contribution in [0.3, 0.4) is 0 Å². The quantitative estimate of drug-likeness (QED) is 0.298. The molecule has 1 aliphatic heterocycles. The number of ether oxygens (including phenoxy) is 5. The predicted molar refractivity (Wildman–Crippen MR) is 121 cm³/mol. The van der Waals surface area contributed by atoms with Crippen molar-refractivity contribution in [3.05, 3.63) is 35.9 Å². The van der Waals surface area contributed by atoms with Gasteiger partial charge < -0.3 is 34.3 Å². The molecule has 1 saturated heterocycles. The van der Waals surface area contributed by atoms with Gasteiger partial charge in [0.25, 0.3) is 0 Å². The lowest BCUT2D eigenvalue weighted by atomic mass is 9.97. The fourth-order valence-corrected chi connectivity index (χ4v) is 3.49. The lowest BCUT2D eigenvalue weighted by molar-refractivity contribution is -0.254. The van der Waals surface area contributed by atoms with Gasteiger partial charge in [-0.05, 0) is 17.8 Å². The maximum atomic E-state index is 11.8. The molecule has 0 unspecified atom stereocenters. The van der Waals surface area contributed by atoms with Crippen LogP contribution in [0.1, 0.15) is 33.3 Å². The van der Waals surface area contributed by atoms with Gasteiger partial charge in [-0.3, -0.25) is 19.2 Å². The standard InChI is InChI=1S/C22H28N2O9S/c1-12(25)29-11-17-18(30-13(2)26)19(31-14(3)27)20(32-15(4)28)21(33-17)24-22(34)23-10-16-8-6-5-7-9-16/h5-9,17-21H,10-11H2,1-4H3,(H2,23,24,34)/t17-,18+,19-,20-,21+/m0/s1. The Bertz CT molecular complexity index is 896. The highest BCUT2D eigenvalue weighted by molar-refractivity contribution is 7.80. The molecule has 1 aromatic rings. The van der Waals surface area contributed by atoms with Gasteiger partial charge in [0.2, 0.25) is 0 Å². The van der Waals surface area contributed by atoms with E-state index in [2.05, 4.69) is 10.6 Å². The summed E-state index contributed by atoms with van der Waals surface area (Å²) in [6.45, 7) is 4.76. The smallest absolute Gasteiger partial charge is 0.303 e. The van der Waals surface area contributed by atoms with Crippen LogP contribution < -0.4 is 10.6 Å². The van der Waals surface area contributed by atoms with E-state index < -0.39 is 54.5 Å². The molecule has 2 N–H and O–H groups in total. The Morgan fingerprint density at radius 1 is 0.853 bits per heavy atom. The molecule has 1 heterocycles. The third kappa shape index (κ3) is 8.60. The molecule has 1 aromatic carbocycles. The van der Waals surface area contributed by atoms with E-state index >= 15 is 0 Å². The van der Waals surface area contributed by atoms with E-state index in [1.165, 1.54) is 13.8 Å². The van der Waals surface area contributed by atoms with Crippen LogP contribution in [-0.4, -0.2) is 66.2 Å². The molecule has 11 nitrogen and oxygen atoms in total. The third-order valence-electron chi connectivity index (χ3n) is 4.56. The van der Waals surface area contributed by atoms with Gasteiger partial charge in [-0.1, -0.05) is 30.3 Å². The Morgan fingerprint density at radius 2 is 1.41 bits per heavy atom. The van der Waals surface area contributed by atoms with Crippen molar-refractivity contribution < 1.29 is 42.9 Å². The van der Waals surface area contributed by atoms with Crippen LogP contribution >= 0.6 is 12.2 Å². The molecule has 0 radical (unpaired) electrons. The predicted octanol–water partition coefficient (Wildman–Crippen LogP) is 0.734. The molecule has 2 rings (SSSR count). The maximum absolute atomic E-state index is 11.8. The second-order valence-corrected chi connectivity index (χ2v) is 7.84. The second-order valence-electron chi connectivity index (χ2n) is 7.43. The molecular weight excluding hydrogens is 468 g/mol. The number of carbonyl (C=O) groups excluding carboxylic acids is 4. The number of esters is 4. The number of hydrogen-bond acceptors (Lipinski definition) is 10. The molecule has 1 aliphatic rings. The van der Waals surface area contributed by atoms with Crippen molar-refractivity contribution in [3.8, 4) is 0 Å². The van der Waals surface area contributed by atoms with Crippen LogP contribution in [0, 0.1) is 0 Å². The first-order chi connectivity index (χ1) is 16.1. The van der Waals surface area contributed by atoms with Gasteiger partial charge in [0.05, 0.1) is 0 Å². The summed E-state index contributed by atoms with van der Waals surface area (Å²) in [5.41, 5.74) is 0.966. The first kappa shape index (κ1) is 27.0. The van der Waals surface area contributed by atoms with Crippen molar-refractivity contribution >= 4 is 41.2 Å². The molecule has 0 aromatic heterocycles. The van der Waals surface area contributed by atoms with Crippen LogP contribution in [0.5, 0.6) is 0 Å². The summed E-state index contributed by atoms with van der Waals surface area (Å²) in [5, 5.41) is 6.05. The largest absolute Gasteiger partial charge is 0.463 e. The fraction of sp³-hybridized carbons (Fsp3) is 0.500. The van der Waals surface area contributed by atoms with Crippen LogP contribution in [-0.2, 0) is 49.4 Å². The highest BCUT2D eigenvalue weighted by atomic mass is 32.1. The SMILES string of the molecule is CC(=O)OC[C@@H]1O[C@@H](NC(=S)NCc2ccccc2)[C@@H](OC(C)=O)[C@@H](OC(C)=O)[C@@H]1OC(C)=O. The summed E-state index contributed by atoms with van der Waals surface area (Å²) in [4.78, 5) is 46.8. The van der Waals surface area contributed by atoms with Gasteiger partial charge in [-0.25, -0.2) is 0 Å². The molecule has 0 amide bonds. The van der Waals surface area contributed by atoms with E-state index in [0.717, 1.165) is 19.4 Å². The monoisotopic (exact) mass is 496 g/mol. The normalized spacial score (nSPS) is 23.7. The minimum atomic E-state index is -1.27. The minimum absolute atomic E-state index is 0.157. The summed E-state index contributed by atoms with van der Waals surface area (Å²) in [5.74, 6) is -2.70. The molecule has 34 heavy (non-hydrogen) atoms. The van der Waals surface area contributed by atoms with Crippen LogP contribution in [0.15, 0.2) is 30.3 Å². The Morgan fingerprint density at radius 3 is 1.97 bits per heavy atom.